The molecule has 5 rings (SSSR count). The van der Waals surface area contributed by atoms with Crippen molar-refractivity contribution in [2.24, 2.45) is 5.92 Å². The van der Waals surface area contributed by atoms with E-state index >= 15 is 0 Å². The maximum Gasteiger partial charge on any atom is 0.249 e. The second-order valence-electron chi connectivity index (χ2n) is 10.4. The molecule has 1 aliphatic carbocycles. The zero-order chi connectivity index (χ0) is 24.7. The molecule has 3 N–H and O–H groups in total. The van der Waals surface area contributed by atoms with Gasteiger partial charge in [0.25, 0.3) is 0 Å². The number of likely N-dealkylation sites (N-methyl/N-ethyl adjacent to an activating group) is 2. The van der Waals surface area contributed by atoms with Gasteiger partial charge in [0.05, 0.1) is 12.1 Å². The predicted molar refractivity (Wildman–Crippen MR) is 135 cm³/mol. The molecule has 3 unspecified atom stereocenters. The topological polar surface area (TPSA) is 80.5 Å². The molecule has 3 atom stereocenters. The number of aromatic amines is 1. The van der Waals surface area contributed by atoms with Crippen molar-refractivity contribution in [1.82, 2.24) is 25.4 Å². The SMILES string of the molecule is CNC(C)C(=O)NC(C(=O)N1CCC2C1=C(c1c[nH]c3cc(F)ccc13)CN2C)C1CCCCC1. The van der Waals surface area contributed by atoms with Gasteiger partial charge in [-0.1, -0.05) is 19.3 Å². The number of fused-ring (bicyclic) bond motifs is 2. The second-order valence-corrected chi connectivity index (χ2v) is 10.4. The molecule has 0 spiro atoms. The number of halogens is 1. The maximum atomic E-state index is 14.1. The van der Waals surface area contributed by atoms with Crippen LogP contribution in [0.15, 0.2) is 30.1 Å². The normalized spacial score (nSPS) is 23.1. The van der Waals surface area contributed by atoms with Gasteiger partial charge in [-0.15, -0.1) is 0 Å². The first-order valence-electron chi connectivity index (χ1n) is 12.9. The minimum absolute atomic E-state index is 0.00439. The predicted octanol–water partition coefficient (Wildman–Crippen LogP) is 3.24. The fraction of sp³-hybridized carbons (Fsp3) is 0.556. The van der Waals surface area contributed by atoms with Crippen molar-refractivity contribution >= 4 is 28.3 Å². The third kappa shape index (κ3) is 4.38. The number of aromatic nitrogens is 1. The first kappa shape index (κ1) is 24.0. The fourth-order valence-electron chi connectivity index (χ4n) is 6.15. The summed E-state index contributed by atoms with van der Waals surface area (Å²) in [5.74, 6) is -0.250. The van der Waals surface area contributed by atoms with Gasteiger partial charge in [-0.2, -0.15) is 0 Å². The van der Waals surface area contributed by atoms with E-state index in [2.05, 4.69) is 27.6 Å². The van der Waals surface area contributed by atoms with Gasteiger partial charge in [0, 0.05) is 41.4 Å². The molecule has 2 aromatic rings. The minimum Gasteiger partial charge on any atom is -0.360 e. The smallest absolute Gasteiger partial charge is 0.249 e. The second kappa shape index (κ2) is 9.74. The maximum absolute atomic E-state index is 14.1. The van der Waals surface area contributed by atoms with Crippen molar-refractivity contribution in [2.45, 2.75) is 63.6 Å². The number of benzene rings is 1. The molecule has 0 radical (unpaired) electrons. The lowest BCUT2D eigenvalue weighted by atomic mass is 9.83. The van der Waals surface area contributed by atoms with Crippen molar-refractivity contribution in [2.75, 3.05) is 27.2 Å². The van der Waals surface area contributed by atoms with Gasteiger partial charge in [0.15, 0.2) is 0 Å². The quantitative estimate of drug-likeness (QED) is 0.592. The molecule has 188 valence electrons. The van der Waals surface area contributed by atoms with Crippen LogP contribution >= 0.6 is 0 Å². The van der Waals surface area contributed by atoms with Crippen LogP contribution in [0.25, 0.3) is 16.5 Å². The number of hydrogen-bond donors (Lipinski definition) is 3. The van der Waals surface area contributed by atoms with Crippen LogP contribution < -0.4 is 10.6 Å². The summed E-state index contributed by atoms with van der Waals surface area (Å²) in [6, 6.07) is 4.08. The van der Waals surface area contributed by atoms with Crippen molar-refractivity contribution in [1.29, 1.82) is 0 Å². The highest BCUT2D eigenvalue weighted by atomic mass is 19.1. The zero-order valence-corrected chi connectivity index (χ0v) is 20.9. The van der Waals surface area contributed by atoms with E-state index in [4.69, 9.17) is 0 Å². The summed E-state index contributed by atoms with van der Waals surface area (Å²) in [4.78, 5) is 34.4. The monoisotopic (exact) mass is 481 g/mol. The summed E-state index contributed by atoms with van der Waals surface area (Å²) in [7, 11) is 3.85. The summed E-state index contributed by atoms with van der Waals surface area (Å²) in [6.45, 7) is 3.19. The summed E-state index contributed by atoms with van der Waals surface area (Å²) in [6.07, 6.45) is 8.10. The lowest BCUT2D eigenvalue weighted by Crippen LogP contribution is -2.55. The highest BCUT2D eigenvalue weighted by Gasteiger charge is 2.45. The number of nitrogens with one attached hydrogen (secondary N) is 3. The van der Waals surface area contributed by atoms with E-state index in [1.807, 2.05) is 24.1 Å². The van der Waals surface area contributed by atoms with Gasteiger partial charge in [0.2, 0.25) is 11.8 Å². The molecule has 35 heavy (non-hydrogen) atoms. The van der Waals surface area contributed by atoms with Crippen LogP contribution in [-0.4, -0.2) is 71.9 Å². The molecule has 7 nitrogen and oxygen atoms in total. The number of carbonyl (C=O) groups is 2. The summed E-state index contributed by atoms with van der Waals surface area (Å²) in [5.41, 5.74) is 3.92. The number of carbonyl (C=O) groups excluding carboxylic acids is 2. The van der Waals surface area contributed by atoms with Crippen LogP contribution in [0.2, 0.25) is 0 Å². The Morgan fingerprint density at radius 1 is 1.17 bits per heavy atom. The summed E-state index contributed by atoms with van der Waals surface area (Å²) < 4.78 is 13.8. The molecule has 1 aromatic carbocycles. The first-order chi connectivity index (χ1) is 16.9. The number of rotatable bonds is 6. The average molecular weight is 482 g/mol. The van der Waals surface area contributed by atoms with E-state index in [1.165, 1.54) is 18.6 Å². The molecule has 2 aliphatic heterocycles. The van der Waals surface area contributed by atoms with E-state index in [-0.39, 0.29) is 35.6 Å². The van der Waals surface area contributed by atoms with E-state index in [9.17, 15) is 14.0 Å². The Balaban J connectivity index is 1.51. The number of hydrogen-bond acceptors (Lipinski definition) is 4. The molecule has 8 heteroatoms. The van der Waals surface area contributed by atoms with Gasteiger partial charge in [-0.25, -0.2) is 4.39 Å². The molecule has 0 bridgehead atoms. The molecular weight excluding hydrogens is 445 g/mol. The Labute approximate surface area is 206 Å². The van der Waals surface area contributed by atoms with Crippen LogP contribution in [-0.2, 0) is 9.59 Å². The molecule has 1 saturated carbocycles. The molecule has 1 aromatic heterocycles. The van der Waals surface area contributed by atoms with E-state index < -0.39 is 6.04 Å². The van der Waals surface area contributed by atoms with Crippen LogP contribution in [0, 0.1) is 11.7 Å². The Morgan fingerprint density at radius 2 is 1.94 bits per heavy atom. The Kier molecular flexibility index (Phi) is 6.68. The summed E-state index contributed by atoms with van der Waals surface area (Å²) >= 11 is 0. The Bertz CT molecular complexity index is 1150. The zero-order valence-electron chi connectivity index (χ0n) is 20.9. The Hall–Kier alpha value is -2.71. The van der Waals surface area contributed by atoms with E-state index in [0.717, 1.165) is 66.4 Å². The highest BCUT2D eigenvalue weighted by molar-refractivity contribution is 5.97. The first-order valence-corrected chi connectivity index (χ1v) is 12.9. The van der Waals surface area contributed by atoms with Gasteiger partial charge >= 0.3 is 0 Å². The number of likely N-dealkylation sites (tertiary alicyclic amines) is 1. The number of nitrogens with zero attached hydrogens (tertiary/aromatic N) is 2. The summed E-state index contributed by atoms with van der Waals surface area (Å²) in [5, 5.41) is 7.06. The molecular formula is C27H36FN5O2. The third-order valence-electron chi connectivity index (χ3n) is 8.23. The van der Waals surface area contributed by atoms with Gasteiger partial charge in [-0.05, 0) is 70.0 Å². The lowest BCUT2D eigenvalue weighted by Gasteiger charge is -2.34. The largest absolute Gasteiger partial charge is 0.360 e. The molecule has 3 aliphatic rings. The van der Waals surface area contributed by atoms with Crippen molar-refractivity contribution in [3.63, 3.8) is 0 Å². The molecule has 3 heterocycles. The minimum atomic E-state index is -0.519. The van der Waals surface area contributed by atoms with E-state index in [1.54, 1.807) is 7.05 Å². The molecule has 2 amide bonds. The van der Waals surface area contributed by atoms with Crippen LogP contribution in [0.3, 0.4) is 0 Å². The fourth-order valence-corrected chi connectivity index (χ4v) is 6.15. The standard InChI is InChI=1S/C27H36FN5O2/c1-16(29-2)26(34)31-24(17-7-5-4-6-8-17)27(35)33-12-11-23-25(33)21(15-32(23)3)20-14-30-22-13-18(28)9-10-19(20)22/h9-10,13-14,16-17,23-24,29-30H,4-8,11-12,15H2,1-3H3,(H,31,34). The van der Waals surface area contributed by atoms with E-state index in [0.29, 0.717) is 6.54 Å². The third-order valence-corrected chi connectivity index (χ3v) is 8.23. The Morgan fingerprint density at radius 3 is 2.69 bits per heavy atom. The van der Waals surface area contributed by atoms with Gasteiger partial charge in [-0.3, -0.25) is 14.5 Å². The van der Waals surface area contributed by atoms with Crippen LogP contribution in [0.4, 0.5) is 4.39 Å². The molecule has 2 fully saturated rings. The number of amides is 2. The van der Waals surface area contributed by atoms with Crippen molar-refractivity contribution in [3.8, 4) is 0 Å². The molecule has 1 saturated heterocycles. The highest BCUT2D eigenvalue weighted by Crippen LogP contribution is 2.42. The van der Waals surface area contributed by atoms with Crippen molar-refractivity contribution < 1.29 is 14.0 Å². The van der Waals surface area contributed by atoms with Gasteiger partial charge < -0.3 is 20.5 Å². The number of H-pyrrole nitrogens is 1. The van der Waals surface area contributed by atoms with Crippen LogP contribution in [0.1, 0.15) is 51.0 Å². The van der Waals surface area contributed by atoms with Gasteiger partial charge in [0.1, 0.15) is 11.9 Å². The van der Waals surface area contributed by atoms with Crippen LogP contribution in [0.5, 0.6) is 0 Å². The average Bonchev–Trinajstić information content (AvgIpc) is 3.57. The van der Waals surface area contributed by atoms with Crippen molar-refractivity contribution in [3.05, 3.63) is 41.5 Å². The lowest BCUT2D eigenvalue weighted by molar-refractivity contribution is -0.136.